The van der Waals surface area contributed by atoms with Crippen molar-refractivity contribution in [3.05, 3.63) is 53.7 Å². The molecule has 2 aromatic carbocycles. The van der Waals surface area contributed by atoms with Crippen LogP contribution in [0.4, 0.5) is 5.69 Å². The number of aryl methyl sites for hydroxylation is 1. The van der Waals surface area contributed by atoms with Gasteiger partial charge in [-0.2, -0.15) is 0 Å². The smallest absolute Gasteiger partial charge is 0.206 e. The molecule has 2 atom stereocenters. The Balaban J connectivity index is 0.00000180. The molecule has 1 aromatic heterocycles. The van der Waals surface area contributed by atoms with Crippen molar-refractivity contribution >= 4 is 38.8 Å². The molecule has 2 aliphatic heterocycles. The van der Waals surface area contributed by atoms with Gasteiger partial charge in [0, 0.05) is 47.8 Å². The Morgan fingerprint density at radius 3 is 2.52 bits per heavy atom. The van der Waals surface area contributed by atoms with E-state index in [-0.39, 0.29) is 17.3 Å². The molecule has 5 nitrogen and oxygen atoms in total. The summed E-state index contributed by atoms with van der Waals surface area (Å²) in [6.45, 7) is 0. The predicted molar refractivity (Wildman–Crippen MR) is 109 cm³/mol. The van der Waals surface area contributed by atoms with E-state index in [0.717, 1.165) is 23.7 Å². The molecule has 0 aliphatic carbocycles. The van der Waals surface area contributed by atoms with Gasteiger partial charge in [0.1, 0.15) is 0 Å². The summed E-state index contributed by atoms with van der Waals surface area (Å²) in [6, 6.07) is 12.8. The van der Waals surface area contributed by atoms with E-state index in [1.807, 2.05) is 12.1 Å². The first-order valence-corrected chi connectivity index (χ1v) is 10.4. The molecule has 3 N–H and O–H groups in total. The fourth-order valence-electron chi connectivity index (χ4n) is 4.53. The Bertz CT molecular complexity index is 1140. The van der Waals surface area contributed by atoms with Crippen molar-refractivity contribution in [3.63, 3.8) is 0 Å². The number of nitrogen functional groups attached to an aromatic ring is 1. The summed E-state index contributed by atoms with van der Waals surface area (Å²) in [5.41, 5.74) is 9.97. The van der Waals surface area contributed by atoms with Crippen molar-refractivity contribution in [1.82, 2.24) is 9.88 Å². The number of hydrogen-bond acceptors (Lipinski definition) is 4. The fraction of sp³-hybridized carbons (Fsp3) is 0.300. The highest BCUT2D eigenvalue weighted by Crippen LogP contribution is 2.42. The maximum atomic E-state index is 13.1. The molecule has 3 heterocycles. The number of sulfone groups is 1. The highest BCUT2D eigenvalue weighted by molar-refractivity contribution is 7.91. The van der Waals surface area contributed by atoms with E-state index in [4.69, 9.17) is 5.73 Å². The van der Waals surface area contributed by atoms with Gasteiger partial charge in [0.15, 0.2) is 0 Å². The van der Waals surface area contributed by atoms with Gasteiger partial charge in [-0.1, -0.05) is 0 Å². The van der Waals surface area contributed by atoms with E-state index >= 15 is 0 Å². The standard InChI is InChI=1S/C20H21N3O2S.ClH/c1-23-18-9-7-15(26(24,25)14-5-2-12(21)3-6-14)11-16(18)20-17-8-4-13(22-17)10-19(20)23;/h2-3,5-7,9,11,13,17,22H,4,8,10,21H2,1H3;1H. The largest absolute Gasteiger partial charge is 0.399 e. The van der Waals surface area contributed by atoms with Gasteiger partial charge in [0.05, 0.1) is 9.79 Å². The van der Waals surface area contributed by atoms with E-state index < -0.39 is 9.84 Å². The Hall–Kier alpha value is -2.02. The zero-order valence-electron chi connectivity index (χ0n) is 15.0. The minimum absolute atomic E-state index is 0. The van der Waals surface area contributed by atoms with E-state index in [2.05, 4.69) is 16.9 Å². The van der Waals surface area contributed by atoms with Crippen molar-refractivity contribution in [2.75, 3.05) is 5.73 Å². The van der Waals surface area contributed by atoms with Gasteiger partial charge in [-0.05, 0) is 60.9 Å². The quantitative estimate of drug-likeness (QED) is 0.643. The molecule has 7 heteroatoms. The molecule has 2 unspecified atom stereocenters. The minimum Gasteiger partial charge on any atom is -0.399 e. The van der Waals surface area contributed by atoms with E-state index in [0.29, 0.717) is 22.7 Å². The second kappa shape index (κ2) is 6.26. The molecule has 1 saturated heterocycles. The molecule has 27 heavy (non-hydrogen) atoms. The van der Waals surface area contributed by atoms with Crippen LogP contribution in [0.2, 0.25) is 0 Å². The monoisotopic (exact) mass is 403 g/mol. The van der Waals surface area contributed by atoms with Crippen LogP contribution in [0.5, 0.6) is 0 Å². The average molecular weight is 404 g/mol. The van der Waals surface area contributed by atoms with Crippen LogP contribution < -0.4 is 11.1 Å². The SMILES string of the molecule is Cl.Cn1c2c(c3cc(S(=O)(=O)c4ccc(N)cc4)ccc31)C1CCC(C2)N1. The van der Waals surface area contributed by atoms with Gasteiger partial charge in [0.25, 0.3) is 0 Å². The van der Waals surface area contributed by atoms with Crippen LogP contribution in [-0.4, -0.2) is 19.0 Å². The summed E-state index contributed by atoms with van der Waals surface area (Å²) in [6.07, 6.45) is 3.31. The lowest BCUT2D eigenvalue weighted by molar-refractivity contribution is 0.503. The van der Waals surface area contributed by atoms with Gasteiger partial charge in [-0.3, -0.25) is 0 Å². The second-order valence-electron chi connectivity index (χ2n) is 7.37. The van der Waals surface area contributed by atoms with Crippen LogP contribution in [0.1, 0.15) is 30.1 Å². The lowest BCUT2D eigenvalue weighted by atomic mass is 9.99. The molecule has 5 rings (SSSR count). The molecule has 0 spiro atoms. The Labute approximate surface area is 164 Å². The van der Waals surface area contributed by atoms with Crippen LogP contribution in [0.3, 0.4) is 0 Å². The number of nitrogens with one attached hydrogen (secondary N) is 1. The van der Waals surface area contributed by atoms with Crippen molar-refractivity contribution in [3.8, 4) is 0 Å². The van der Waals surface area contributed by atoms with Gasteiger partial charge < -0.3 is 15.6 Å². The van der Waals surface area contributed by atoms with Gasteiger partial charge in [-0.25, -0.2) is 8.42 Å². The maximum Gasteiger partial charge on any atom is 0.206 e. The van der Waals surface area contributed by atoms with Crippen molar-refractivity contribution in [2.24, 2.45) is 7.05 Å². The first-order valence-electron chi connectivity index (χ1n) is 8.93. The van der Waals surface area contributed by atoms with Crippen LogP contribution in [0.15, 0.2) is 52.3 Å². The topological polar surface area (TPSA) is 77.1 Å². The Morgan fingerprint density at radius 2 is 1.78 bits per heavy atom. The zero-order valence-corrected chi connectivity index (χ0v) is 16.6. The van der Waals surface area contributed by atoms with Gasteiger partial charge >= 0.3 is 0 Å². The average Bonchev–Trinajstić information content (AvgIpc) is 3.14. The van der Waals surface area contributed by atoms with Crippen molar-refractivity contribution in [2.45, 2.75) is 41.1 Å². The molecule has 0 radical (unpaired) electrons. The maximum absolute atomic E-state index is 13.1. The predicted octanol–water partition coefficient (Wildman–Crippen LogP) is 3.36. The molecule has 3 aromatic rings. The second-order valence-corrected chi connectivity index (χ2v) is 9.32. The molecule has 0 saturated carbocycles. The third kappa shape index (κ3) is 2.66. The highest BCUT2D eigenvalue weighted by atomic mass is 35.5. The number of rotatable bonds is 2. The Morgan fingerprint density at radius 1 is 1.07 bits per heavy atom. The summed E-state index contributed by atoms with van der Waals surface area (Å²) >= 11 is 0. The number of aromatic nitrogens is 1. The van der Waals surface area contributed by atoms with E-state index in [9.17, 15) is 8.42 Å². The van der Waals surface area contributed by atoms with Crippen molar-refractivity contribution in [1.29, 1.82) is 0 Å². The Kier molecular flexibility index (Phi) is 4.25. The molecule has 1 fully saturated rings. The normalized spacial score (nSPS) is 21.1. The number of nitrogens with zero attached hydrogens (tertiary/aromatic N) is 1. The van der Waals surface area contributed by atoms with Crippen LogP contribution in [0, 0.1) is 0 Å². The van der Waals surface area contributed by atoms with Gasteiger partial charge in [0.2, 0.25) is 9.84 Å². The summed E-state index contributed by atoms with van der Waals surface area (Å²) in [5.74, 6) is 0. The number of benzene rings is 2. The summed E-state index contributed by atoms with van der Waals surface area (Å²) in [5, 5.41) is 4.72. The molecule has 2 bridgehead atoms. The van der Waals surface area contributed by atoms with E-state index in [1.165, 1.54) is 17.7 Å². The van der Waals surface area contributed by atoms with Crippen LogP contribution >= 0.6 is 12.4 Å². The lowest BCUT2D eigenvalue weighted by Crippen LogP contribution is -2.32. The first kappa shape index (κ1) is 18.3. The minimum atomic E-state index is -3.56. The molecule has 142 valence electrons. The molecule has 2 aliphatic rings. The summed E-state index contributed by atoms with van der Waals surface area (Å²) in [4.78, 5) is 0.609. The fourth-order valence-corrected chi connectivity index (χ4v) is 5.82. The van der Waals surface area contributed by atoms with E-state index in [1.54, 1.807) is 30.3 Å². The van der Waals surface area contributed by atoms with Crippen LogP contribution in [0.25, 0.3) is 10.9 Å². The van der Waals surface area contributed by atoms with Crippen molar-refractivity contribution < 1.29 is 8.42 Å². The highest BCUT2D eigenvalue weighted by Gasteiger charge is 2.36. The number of halogens is 1. The summed E-state index contributed by atoms with van der Waals surface area (Å²) in [7, 11) is -1.48. The number of fused-ring (bicyclic) bond motifs is 6. The number of nitrogens with two attached hydrogens (primary N) is 1. The molecule has 0 amide bonds. The molecular weight excluding hydrogens is 382 g/mol. The third-order valence-electron chi connectivity index (χ3n) is 5.86. The van der Waals surface area contributed by atoms with Crippen LogP contribution in [-0.2, 0) is 23.3 Å². The lowest BCUT2D eigenvalue weighted by Gasteiger charge is -2.23. The number of hydrogen-bond donors (Lipinski definition) is 2. The molecular formula is C20H22ClN3O2S. The number of anilines is 1. The van der Waals surface area contributed by atoms with Gasteiger partial charge in [-0.15, -0.1) is 12.4 Å². The first-order chi connectivity index (χ1) is 12.4. The summed E-state index contributed by atoms with van der Waals surface area (Å²) < 4.78 is 28.4. The zero-order chi connectivity index (χ0) is 18.1. The third-order valence-corrected chi connectivity index (χ3v) is 7.63.